The van der Waals surface area contributed by atoms with Gasteiger partial charge in [0, 0.05) is 25.1 Å². The van der Waals surface area contributed by atoms with E-state index in [2.05, 4.69) is 10.4 Å². The first-order valence-corrected chi connectivity index (χ1v) is 4.76. The van der Waals surface area contributed by atoms with E-state index in [1.54, 1.807) is 13.1 Å². The van der Waals surface area contributed by atoms with E-state index < -0.39 is 0 Å². The molecule has 1 N–H and O–H groups in total. The summed E-state index contributed by atoms with van der Waals surface area (Å²) in [6, 6.07) is 0. The number of hydrogen-bond acceptors (Lipinski definition) is 4. The molecule has 5 nitrogen and oxygen atoms in total. The van der Waals surface area contributed by atoms with E-state index in [4.69, 9.17) is 4.74 Å². The van der Waals surface area contributed by atoms with Gasteiger partial charge in [-0.3, -0.25) is 0 Å². The molecule has 0 aromatic carbocycles. The fourth-order valence-electron chi connectivity index (χ4n) is 1.59. The average molecular weight is 195 g/mol. The molecule has 0 spiro atoms. The Labute approximate surface area is 82.0 Å². The highest BCUT2D eigenvalue weighted by atomic mass is 16.5. The first kappa shape index (κ1) is 9.21. The largest absolute Gasteiger partial charge is 0.448 e. The third kappa shape index (κ3) is 1.50. The lowest BCUT2D eigenvalue weighted by Crippen LogP contribution is -2.27. The summed E-state index contributed by atoms with van der Waals surface area (Å²) in [6.07, 6.45) is 2.17. The van der Waals surface area contributed by atoms with E-state index in [9.17, 15) is 4.79 Å². The minimum atomic E-state index is -0.379. The molecule has 0 unspecified atom stereocenters. The summed E-state index contributed by atoms with van der Waals surface area (Å²) in [6.45, 7) is 3.84. The highest BCUT2D eigenvalue weighted by molar-refractivity contribution is 5.70. The summed E-state index contributed by atoms with van der Waals surface area (Å²) < 4.78 is 6.25. The minimum absolute atomic E-state index is 0.379. The summed E-state index contributed by atoms with van der Waals surface area (Å²) in [4.78, 5) is 11.4. The molecule has 0 radical (unpaired) electrons. The van der Waals surface area contributed by atoms with Gasteiger partial charge in [-0.25, -0.2) is 4.79 Å². The van der Waals surface area contributed by atoms with Crippen molar-refractivity contribution in [3.8, 4) is 0 Å². The van der Waals surface area contributed by atoms with Crippen LogP contribution in [0.2, 0.25) is 0 Å². The summed E-state index contributed by atoms with van der Waals surface area (Å²) in [5, 5.41) is 7.24. The fourth-order valence-corrected chi connectivity index (χ4v) is 1.59. The lowest BCUT2D eigenvalue weighted by Gasteiger charge is -2.13. The van der Waals surface area contributed by atoms with Gasteiger partial charge in [0.15, 0.2) is 0 Å². The number of nitrogens with zero attached hydrogens (tertiary/aromatic N) is 2. The molecule has 2 rings (SSSR count). The molecule has 0 amide bonds. The van der Waals surface area contributed by atoms with Gasteiger partial charge < -0.3 is 10.1 Å². The monoisotopic (exact) mass is 195 g/mol. The molecule has 1 aromatic rings. The van der Waals surface area contributed by atoms with Crippen LogP contribution in [0.4, 0.5) is 4.79 Å². The van der Waals surface area contributed by atoms with Crippen molar-refractivity contribution < 1.29 is 9.53 Å². The van der Waals surface area contributed by atoms with Crippen molar-refractivity contribution in [3.05, 3.63) is 17.5 Å². The molecule has 0 aliphatic carbocycles. The number of fused-ring (bicyclic) bond motifs is 1. The first-order chi connectivity index (χ1) is 6.83. The lowest BCUT2D eigenvalue weighted by atomic mass is 10.1. The zero-order valence-electron chi connectivity index (χ0n) is 8.12. The molecule has 1 aliphatic heterocycles. The molecule has 0 atom stereocenters. The zero-order chi connectivity index (χ0) is 9.97. The number of carbonyl (C=O) groups is 1. The maximum atomic E-state index is 11.4. The number of aromatic nitrogens is 2. The van der Waals surface area contributed by atoms with Gasteiger partial charge >= 0.3 is 6.09 Å². The van der Waals surface area contributed by atoms with Crippen LogP contribution in [0.5, 0.6) is 0 Å². The fraction of sp³-hybridized carbons (Fsp3) is 0.556. The smallest absolute Gasteiger partial charge is 0.434 e. The minimum Gasteiger partial charge on any atom is -0.448 e. The van der Waals surface area contributed by atoms with Gasteiger partial charge in [-0.2, -0.15) is 9.78 Å². The highest BCUT2D eigenvalue weighted by Gasteiger charge is 2.18. The summed E-state index contributed by atoms with van der Waals surface area (Å²) in [5.41, 5.74) is 2.06. The molecule has 14 heavy (non-hydrogen) atoms. The van der Waals surface area contributed by atoms with Gasteiger partial charge in [-0.05, 0) is 6.92 Å². The lowest BCUT2D eigenvalue weighted by molar-refractivity contribution is 0.149. The topological polar surface area (TPSA) is 56.2 Å². The maximum Gasteiger partial charge on any atom is 0.434 e. The second kappa shape index (κ2) is 3.79. The van der Waals surface area contributed by atoms with Crippen molar-refractivity contribution in [1.29, 1.82) is 0 Å². The van der Waals surface area contributed by atoms with Crippen molar-refractivity contribution >= 4 is 6.09 Å². The molecule has 0 saturated carbocycles. The van der Waals surface area contributed by atoms with Crippen molar-refractivity contribution in [2.75, 3.05) is 13.2 Å². The second-order valence-corrected chi connectivity index (χ2v) is 3.15. The van der Waals surface area contributed by atoms with E-state index in [1.807, 2.05) is 0 Å². The van der Waals surface area contributed by atoms with Crippen LogP contribution in [0.15, 0.2) is 6.20 Å². The van der Waals surface area contributed by atoms with Gasteiger partial charge in [0.05, 0.1) is 18.5 Å². The molecule has 5 heteroatoms. The number of hydrogen-bond donors (Lipinski definition) is 1. The standard InChI is InChI=1S/C9H13N3O2/c1-2-14-9(13)12-8-3-4-10-5-7(8)6-11-12/h6,10H,2-5H2,1H3. The Bertz CT molecular complexity index is 346. The van der Waals surface area contributed by atoms with Crippen LogP contribution in [-0.4, -0.2) is 29.0 Å². The number of carbonyl (C=O) groups excluding carboxylic acids is 1. The predicted octanol–water partition coefficient (Wildman–Crippen LogP) is 0.533. The maximum absolute atomic E-state index is 11.4. The zero-order valence-corrected chi connectivity index (χ0v) is 8.12. The molecule has 1 aromatic heterocycles. The molecule has 76 valence electrons. The summed E-state index contributed by atoms with van der Waals surface area (Å²) in [7, 11) is 0. The van der Waals surface area contributed by atoms with E-state index in [1.165, 1.54) is 4.68 Å². The Kier molecular flexibility index (Phi) is 2.49. The molecular formula is C9H13N3O2. The third-order valence-electron chi connectivity index (χ3n) is 2.25. The van der Waals surface area contributed by atoms with Crippen LogP contribution in [-0.2, 0) is 17.7 Å². The van der Waals surface area contributed by atoms with Crippen molar-refractivity contribution in [2.45, 2.75) is 19.9 Å². The van der Waals surface area contributed by atoms with Gasteiger partial charge in [-0.1, -0.05) is 0 Å². The second-order valence-electron chi connectivity index (χ2n) is 3.15. The normalized spacial score (nSPS) is 14.9. The van der Waals surface area contributed by atoms with Gasteiger partial charge in [0.1, 0.15) is 0 Å². The number of nitrogens with one attached hydrogen (secondary N) is 1. The molecular weight excluding hydrogens is 182 g/mol. The van der Waals surface area contributed by atoms with Crippen LogP contribution in [0.1, 0.15) is 18.2 Å². The molecule has 2 heterocycles. The van der Waals surface area contributed by atoms with Gasteiger partial charge in [0.2, 0.25) is 0 Å². The molecule has 0 fully saturated rings. The van der Waals surface area contributed by atoms with Crippen molar-refractivity contribution in [2.24, 2.45) is 0 Å². The van der Waals surface area contributed by atoms with E-state index in [0.717, 1.165) is 30.8 Å². The van der Waals surface area contributed by atoms with Crippen LogP contribution in [0.25, 0.3) is 0 Å². The quantitative estimate of drug-likeness (QED) is 0.710. The van der Waals surface area contributed by atoms with E-state index in [-0.39, 0.29) is 6.09 Å². The number of ether oxygens (including phenoxy) is 1. The molecule has 0 saturated heterocycles. The van der Waals surface area contributed by atoms with E-state index in [0.29, 0.717) is 6.61 Å². The molecule has 0 bridgehead atoms. The summed E-state index contributed by atoms with van der Waals surface area (Å²) in [5.74, 6) is 0. The van der Waals surface area contributed by atoms with Crippen molar-refractivity contribution in [3.63, 3.8) is 0 Å². The third-order valence-corrected chi connectivity index (χ3v) is 2.25. The van der Waals surface area contributed by atoms with Crippen LogP contribution in [0.3, 0.4) is 0 Å². The Hall–Kier alpha value is -1.36. The Morgan fingerprint density at radius 3 is 3.43 bits per heavy atom. The first-order valence-electron chi connectivity index (χ1n) is 4.76. The van der Waals surface area contributed by atoms with Crippen LogP contribution < -0.4 is 5.32 Å². The Morgan fingerprint density at radius 1 is 1.79 bits per heavy atom. The average Bonchev–Trinajstić information content (AvgIpc) is 2.61. The number of rotatable bonds is 1. The summed E-state index contributed by atoms with van der Waals surface area (Å²) >= 11 is 0. The Balaban J connectivity index is 2.25. The van der Waals surface area contributed by atoms with Crippen molar-refractivity contribution in [1.82, 2.24) is 15.1 Å². The van der Waals surface area contributed by atoms with Crippen LogP contribution in [0, 0.1) is 0 Å². The molecule has 1 aliphatic rings. The van der Waals surface area contributed by atoms with Crippen LogP contribution >= 0.6 is 0 Å². The predicted molar refractivity (Wildman–Crippen MR) is 50.1 cm³/mol. The highest BCUT2D eigenvalue weighted by Crippen LogP contribution is 2.12. The van der Waals surface area contributed by atoms with E-state index >= 15 is 0 Å². The SMILES string of the molecule is CCOC(=O)n1ncc2c1CCNC2. The Morgan fingerprint density at radius 2 is 2.64 bits per heavy atom. The van der Waals surface area contributed by atoms with Gasteiger partial charge in [0.25, 0.3) is 0 Å². The van der Waals surface area contributed by atoms with Gasteiger partial charge in [-0.15, -0.1) is 0 Å².